The lowest BCUT2D eigenvalue weighted by Crippen LogP contribution is -2.53. The van der Waals surface area contributed by atoms with Gasteiger partial charge in [0.25, 0.3) is 0 Å². The van der Waals surface area contributed by atoms with Crippen LogP contribution in [0.2, 0.25) is 5.02 Å². The van der Waals surface area contributed by atoms with Crippen molar-refractivity contribution in [3.8, 4) is 17.1 Å². The topological polar surface area (TPSA) is 120 Å². The van der Waals surface area contributed by atoms with Crippen molar-refractivity contribution in [1.29, 1.82) is 0 Å². The number of hydrogen-bond donors (Lipinski definition) is 2. The van der Waals surface area contributed by atoms with Gasteiger partial charge in [0.15, 0.2) is 0 Å². The van der Waals surface area contributed by atoms with Crippen LogP contribution in [-0.2, 0) is 15.7 Å². The fourth-order valence-electron chi connectivity index (χ4n) is 4.43. The normalized spacial score (nSPS) is 24.5. The molecule has 2 N–H and O–H groups in total. The van der Waals surface area contributed by atoms with E-state index in [-0.39, 0.29) is 16.4 Å². The SMILES string of the molecule is COC1[C@@H](n2cc(-c3cscn3)nn2)[C@@H](O)C(CO)O[C@H]1c1ccnn1-c1cc(Cl)ccc1C(F)(F)F. The number of ether oxygens (including phenoxy) is 2. The summed E-state index contributed by atoms with van der Waals surface area (Å²) in [6.07, 6.45) is -6.23. The molecule has 0 radical (unpaired) electrons. The molecular weight excluding hydrogens is 537 g/mol. The summed E-state index contributed by atoms with van der Waals surface area (Å²) in [7, 11) is 1.37. The molecule has 5 rings (SSSR count). The van der Waals surface area contributed by atoms with Crippen LogP contribution in [0.5, 0.6) is 0 Å². The van der Waals surface area contributed by atoms with Crippen LogP contribution >= 0.6 is 22.9 Å². The fraction of sp³-hybridized carbons (Fsp3) is 0.364. The molecule has 0 bridgehead atoms. The highest BCUT2D eigenvalue weighted by Gasteiger charge is 2.49. The van der Waals surface area contributed by atoms with Crippen molar-refractivity contribution in [2.75, 3.05) is 13.7 Å². The highest BCUT2D eigenvalue weighted by Crippen LogP contribution is 2.42. The summed E-state index contributed by atoms with van der Waals surface area (Å²) >= 11 is 7.41. The van der Waals surface area contributed by atoms with E-state index in [1.54, 1.807) is 17.1 Å². The average molecular weight is 557 g/mol. The first-order valence-corrected chi connectivity index (χ1v) is 12.2. The predicted molar refractivity (Wildman–Crippen MR) is 125 cm³/mol. The van der Waals surface area contributed by atoms with Gasteiger partial charge < -0.3 is 19.7 Å². The van der Waals surface area contributed by atoms with Gasteiger partial charge in [-0.1, -0.05) is 16.8 Å². The summed E-state index contributed by atoms with van der Waals surface area (Å²) in [4.78, 5) is 4.20. The molecule has 1 aliphatic heterocycles. The second-order valence-electron chi connectivity index (χ2n) is 8.24. The number of rotatable bonds is 6. The number of hydrogen-bond acceptors (Lipinski definition) is 9. The van der Waals surface area contributed by atoms with E-state index >= 15 is 0 Å². The number of aliphatic hydroxyl groups excluding tert-OH is 2. The maximum absolute atomic E-state index is 13.8. The van der Waals surface area contributed by atoms with Gasteiger partial charge in [-0.05, 0) is 24.3 Å². The molecule has 0 amide bonds. The van der Waals surface area contributed by atoms with Crippen molar-refractivity contribution in [3.05, 3.63) is 63.8 Å². The Morgan fingerprint density at radius 1 is 1.24 bits per heavy atom. The Morgan fingerprint density at radius 2 is 2.05 bits per heavy atom. The van der Waals surface area contributed by atoms with Gasteiger partial charge in [-0.15, -0.1) is 16.4 Å². The van der Waals surface area contributed by atoms with Crippen LogP contribution in [0, 0.1) is 0 Å². The predicted octanol–water partition coefficient (Wildman–Crippen LogP) is 3.31. The first-order chi connectivity index (χ1) is 17.7. The molecule has 10 nitrogen and oxygen atoms in total. The van der Waals surface area contributed by atoms with E-state index in [0.717, 1.165) is 22.9 Å². The Hall–Kier alpha value is -2.88. The molecule has 37 heavy (non-hydrogen) atoms. The smallest absolute Gasteiger partial charge is 0.394 e. The monoisotopic (exact) mass is 556 g/mol. The lowest BCUT2D eigenvalue weighted by molar-refractivity contribution is -0.216. The molecule has 5 atom stereocenters. The highest BCUT2D eigenvalue weighted by molar-refractivity contribution is 7.07. The molecule has 1 aromatic carbocycles. The van der Waals surface area contributed by atoms with Crippen molar-refractivity contribution in [2.24, 2.45) is 0 Å². The zero-order chi connectivity index (χ0) is 26.3. The van der Waals surface area contributed by atoms with Crippen molar-refractivity contribution in [1.82, 2.24) is 29.8 Å². The van der Waals surface area contributed by atoms with Gasteiger partial charge in [-0.3, -0.25) is 0 Å². The largest absolute Gasteiger partial charge is 0.418 e. The van der Waals surface area contributed by atoms with Crippen LogP contribution in [0.15, 0.2) is 47.5 Å². The number of halogens is 4. The number of benzene rings is 1. The summed E-state index contributed by atoms with van der Waals surface area (Å²) in [5.41, 5.74) is 1.60. The standard InChI is InChI=1S/C22H20ClF3N6O4S/c1-35-21-18(31-7-13(29-30-31)14-9-37-10-27-14)19(34)17(8-33)36-20(21)15-4-5-28-32(15)16-6-11(23)2-3-12(16)22(24,25)26/h2-7,9-10,17-21,33-34H,8H2,1H3/t17?,18-,19-,20-,21?/m0/s1. The number of aromatic nitrogens is 6. The minimum absolute atomic E-state index is 0.0797. The number of alkyl halides is 3. The first-order valence-electron chi connectivity index (χ1n) is 10.9. The van der Waals surface area contributed by atoms with Crippen molar-refractivity contribution >= 4 is 22.9 Å². The van der Waals surface area contributed by atoms with Crippen molar-refractivity contribution < 1.29 is 32.9 Å². The highest BCUT2D eigenvalue weighted by atomic mass is 35.5. The quantitative estimate of drug-likeness (QED) is 0.371. The van der Waals surface area contributed by atoms with Gasteiger partial charge in [0.1, 0.15) is 41.8 Å². The molecular formula is C22H20ClF3N6O4S. The maximum atomic E-state index is 13.8. The Morgan fingerprint density at radius 3 is 2.73 bits per heavy atom. The summed E-state index contributed by atoms with van der Waals surface area (Å²) < 4.78 is 55.6. The lowest BCUT2D eigenvalue weighted by Gasteiger charge is -2.43. The van der Waals surface area contributed by atoms with Gasteiger partial charge in [-0.25, -0.2) is 14.3 Å². The van der Waals surface area contributed by atoms with Gasteiger partial charge in [0, 0.05) is 23.7 Å². The molecule has 1 fully saturated rings. The molecule has 4 heterocycles. The molecule has 0 saturated carbocycles. The Labute approximate surface area is 216 Å². The first kappa shape index (κ1) is 25.8. The van der Waals surface area contributed by atoms with Crippen molar-refractivity contribution in [3.63, 3.8) is 0 Å². The van der Waals surface area contributed by atoms with E-state index in [1.165, 1.54) is 35.4 Å². The molecule has 2 unspecified atom stereocenters. The maximum Gasteiger partial charge on any atom is 0.418 e. The summed E-state index contributed by atoms with van der Waals surface area (Å²) in [5.74, 6) is 0. The van der Waals surface area contributed by atoms with Gasteiger partial charge >= 0.3 is 6.18 Å². The van der Waals surface area contributed by atoms with Crippen molar-refractivity contribution in [2.45, 2.75) is 36.6 Å². The van der Waals surface area contributed by atoms with E-state index in [1.807, 2.05) is 0 Å². The van der Waals surface area contributed by atoms with Crippen LogP contribution in [-0.4, -0.2) is 72.0 Å². The Balaban J connectivity index is 1.59. The Kier molecular flexibility index (Phi) is 7.04. The van der Waals surface area contributed by atoms with E-state index in [2.05, 4.69) is 20.4 Å². The molecule has 3 aromatic heterocycles. The zero-order valence-corrected chi connectivity index (χ0v) is 20.6. The second kappa shape index (κ2) is 10.1. The third-order valence-electron chi connectivity index (χ3n) is 6.11. The third kappa shape index (κ3) is 4.76. The Bertz CT molecular complexity index is 1360. The summed E-state index contributed by atoms with van der Waals surface area (Å²) in [5, 5.41) is 35.2. The number of nitrogens with zero attached hydrogens (tertiary/aromatic N) is 6. The average Bonchev–Trinajstić information content (AvgIpc) is 3.64. The number of aliphatic hydroxyl groups is 2. The van der Waals surface area contributed by atoms with Crippen LogP contribution in [0.1, 0.15) is 23.4 Å². The van der Waals surface area contributed by atoms with Gasteiger partial charge in [0.2, 0.25) is 0 Å². The van der Waals surface area contributed by atoms with Crippen LogP contribution < -0.4 is 0 Å². The minimum atomic E-state index is -4.68. The molecule has 1 saturated heterocycles. The summed E-state index contributed by atoms with van der Waals surface area (Å²) in [6.45, 7) is -0.572. The fourth-order valence-corrected chi connectivity index (χ4v) is 5.14. The molecule has 4 aromatic rings. The molecule has 15 heteroatoms. The zero-order valence-electron chi connectivity index (χ0n) is 19.0. The van der Waals surface area contributed by atoms with E-state index in [4.69, 9.17) is 21.1 Å². The van der Waals surface area contributed by atoms with Gasteiger partial charge in [-0.2, -0.15) is 18.3 Å². The van der Waals surface area contributed by atoms with Crippen LogP contribution in [0.4, 0.5) is 13.2 Å². The summed E-state index contributed by atoms with van der Waals surface area (Å²) in [6, 6.07) is 3.72. The molecule has 1 aliphatic rings. The van der Waals surface area contributed by atoms with E-state index in [0.29, 0.717) is 11.4 Å². The van der Waals surface area contributed by atoms with Crippen LogP contribution in [0.25, 0.3) is 17.1 Å². The molecule has 0 spiro atoms. The third-order valence-corrected chi connectivity index (χ3v) is 6.93. The lowest BCUT2D eigenvalue weighted by atomic mass is 9.90. The molecule has 196 valence electrons. The minimum Gasteiger partial charge on any atom is -0.394 e. The van der Waals surface area contributed by atoms with Gasteiger partial charge in [0.05, 0.1) is 35.3 Å². The van der Waals surface area contributed by atoms with E-state index in [9.17, 15) is 23.4 Å². The molecule has 0 aliphatic carbocycles. The number of methoxy groups -OCH3 is 1. The van der Waals surface area contributed by atoms with Crippen LogP contribution in [0.3, 0.4) is 0 Å². The number of thiazole rings is 1. The second-order valence-corrected chi connectivity index (χ2v) is 9.40. The van der Waals surface area contributed by atoms with E-state index < -0.39 is 48.8 Å².